The Morgan fingerprint density at radius 3 is 2.71 bits per heavy atom. The minimum Gasteiger partial charge on any atom is -0.313 e. The third-order valence-corrected chi connectivity index (χ3v) is 4.21. The van der Waals surface area contributed by atoms with Crippen molar-refractivity contribution in [2.45, 2.75) is 43.3 Å². The molecule has 1 saturated heterocycles. The summed E-state index contributed by atoms with van der Waals surface area (Å²) in [4.78, 5) is 11.6. The first-order valence-electron chi connectivity index (χ1n) is 6.03. The average Bonchev–Trinajstić information content (AvgIpc) is 2.35. The zero-order valence-electron chi connectivity index (χ0n) is 10.1. The van der Waals surface area contributed by atoms with Crippen molar-refractivity contribution in [1.82, 2.24) is 21.5 Å². The normalized spacial score (nSPS) is 30.9. The van der Waals surface area contributed by atoms with Crippen LogP contribution in [0.15, 0.2) is 12.3 Å². The molecule has 1 saturated carbocycles. The molecule has 1 heterocycles. The Morgan fingerprint density at radius 1 is 1.41 bits per heavy atom. The number of amides is 1. The third-order valence-electron chi connectivity index (χ3n) is 3.27. The first kappa shape index (κ1) is 12.7. The summed E-state index contributed by atoms with van der Waals surface area (Å²) < 4.78 is 0. The topological polar surface area (TPSA) is 65.2 Å². The van der Waals surface area contributed by atoms with E-state index in [1.54, 1.807) is 0 Å². The highest BCUT2D eigenvalue weighted by Crippen LogP contribution is 2.23. The fourth-order valence-electron chi connectivity index (χ4n) is 2.25. The lowest BCUT2D eigenvalue weighted by atomic mass is 9.95. The van der Waals surface area contributed by atoms with E-state index in [1.165, 1.54) is 43.9 Å². The van der Waals surface area contributed by atoms with E-state index < -0.39 is 5.12 Å². The van der Waals surface area contributed by atoms with Gasteiger partial charge in [-0.15, -0.1) is 11.8 Å². The van der Waals surface area contributed by atoms with Crippen LogP contribution in [0.4, 0.5) is 0 Å². The van der Waals surface area contributed by atoms with Crippen LogP contribution in [0, 0.1) is 0 Å². The van der Waals surface area contributed by atoms with E-state index in [0.717, 1.165) is 0 Å². The smallest absolute Gasteiger partial charge is 0.271 e. The van der Waals surface area contributed by atoms with Crippen LogP contribution in [0.25, 0.3) is 0 Å². The van der Waals surface area contributed by atoms with Gasteiger partial charge in [-0.05, 0) is 19.1 Å². The molecule has 0 bridgehead atoms. The van der Waals surface area contributed by atoms with E-state index in [1.807, 2.05) is 6.26 Å². The quantitative estimate of drug-likeness (QED) is 0.440. The molecule has 2 aliphatic rings. The first-order chi connectivity index (χ1) is 8.15. The monoisotopic (exact) mass is 256 g/mol. The average molecular weight is 256 g/mol. The Bertz CT molecular complexity index is 317. The predicted molar refractivity (Wildman–Crippen MR) is 69.8 cm³/mol. The van der Waals surface area contributed by atoms with Crippen LogP contribution in [0.3, 0.4) is 0 Å². The fourth-order valence-corrected chi connectivity index (χ4v) is 2.89. The first-order valence-corrected chi connectivity index (χ1v) is 7.25. The molecule has 5 nitrogen and oxygen atoms in total. The molecule has 6 heteroatoms. The Morgan fingerprint density at radius 2 is 2.12 bits per heavy atom. The highest BCUT2D eigenvalue weighted by Gasteiger charge is 2.37. The molecule has 0 spiro atoms. The number of thioether (sulfide) groups is 1. The van der Waals surface area contributed by atoms with Crippen LogP contribution in [-0.2, 0) is 4.79 Å². The number of carbonyl (C=O) groups is 1. The van der Waals surface area contributed by atoms with Gasteiger partial charge in [0.25, 0.3) is 5.91 Å². The number of hydrogen-bond donors (Lipinski definition) is 4. The summed E-state index contributed by atoms with van der Waals surface area (Å²) in [5.74, 6) is -0.165. The van der Waals surface area contributed by atoms with Gasteiger partial charge >= 0.3 is 0 Å². The third kappa shape index (κ3) is 2.94. The Labute approximate surface area is 106 Å². The summed E-state index contributed by atoms with van der Waals surface area (Å²) in [7, 11) is 0. The molecule has 4 N–H and O–H groups in total. The predicted octanol–water partition coefficient (Wildman–Crippen LogP) is 0.621. The molecule has 2 fully saturated rings. The van der Waals surface area contributed by atoms with Gasteiger partial charge in [0, 0.05) is 6.04 Å². The lowest BCUT2D eigenvalue weighted by Crippen LogP contribution is -2.74. The van der Waals surface area contributed by atoms with Crippen LogP contribution in [0.5, 0.6) is 0 Å². The van der Waals surface area contributed by atoms with Gasteiger partial charge in [0.05, 0.1) is 0 Å². The molecular weight excluding hydrogens is 236 g/mol. The van der Waals surface area contributed by atoms with Crippen LogP contribution >= 0.6 is 11.8 Å². The zero-order valence-corrected chi connectivity index (χ0v) is 11.0. The maximum atomic E-state index is 11.6. The molecule has 1 aliphatic heterocycles. The largest absolute Gasteiger partial charge is 0.313 e. The van der Waals surface area contributed by atoms with E-state index in [4.69, 9.17) is 0 Å². The summed E-state index contributed by atoms with van der Waals surface area (Å²) in [6.07, 6.45) is 8.13. The molecule has 0 unspecified atom stereocenters. The van der Waals surface area contributed by atoms with Crippen LogP contribution in [-0.4, -0.2) is 23.3 Å². The fraction of sp³-hybridized carbons (Fsp3) is 0.727. The highest BCUT2D eigenvalue weighted by atomic mass is 32.2. The van der Waals surface area contributed by atoms with Gasteiger partial charge in [0.15, 0.2) is 0 Å². The molecule has 0 aromatic heterocycles. The second-order valence-electron chi connectivity index (χ2n) is 4.55. The lowest BCUT2D eigenvalue weighted by Gasteiger charge is -2.42. The summed E-state index contributed by atoms with van der Waals surface area (Å²) in [5.41, 5.74) is 6.25. The summed E-state index contributed by atoms with van der Waals surface area (Å²) in [6, 6.07) is 0.456. The van der Waals surface area contributed by atoms with E-state index in [-0.39, 0.29) is 5.91 Å². The van der Waals surface area contributed by atoms with E-state index in [2.05, 4.69) is 28.1 Å². The Hall–Kier alpha value is -0.720. The SMILES string of the molecule is C=C1NN[C@](NC2CCCCC2)(SC)NC1=O. The summed E-state index contributed by atoms with van der Waals surface area (Å²) in [5, 5.41) is 5.78. The minimum atomic E-state index is -0.625. The summed E-state index contributed by atoms with van der Waals surface area (Å²) in [6.45, 7) is 3.62. The van der Waals surface area contributed by atoms with Gasteiger partial charge in [-0.3, -0.25) is 10.1 Å². The van der Waals surface area contributed by atoms with Crippen molar-refractivity contribution in [3.63, 3.8) is 0 Å². The number of hydrazine groups is 1. The van der Waals surface area contributed by atoms with Gasteiger partial charge in [-0.1, -0.05) is 25.8 Å². The highest BCUT2D eigenvalue weighted by molar-refractivity contribution is 7.99. The number of nitrogens with one attached hydrogen (secondary N) is 4. The second kappa shape index (κ2) is 5.29. The second-order valence-corrected chi connectivity index (χ2v) is 5.57. The lowest BCUT2D eigenvalue weighted by molar-refractivity contribution is -0.121. The Kier molecular flexibility index (Phi) is 3.96. The standard InChI is InChI=1S/C11H20N4OS/c1-8-10(16)13-11(17-2,15-14-8)12-9-6-4-3-5-7-9/h9,12,14-15H,1,3-7H2,2H3,(H,13,16)/t11-/m1/s1. The van der Waals surface area contributed by atoms with Crippen molar-refractivity contribution in [3.05, 3.63) is 12.3 Å². The molecule has 0 aromatic rings. The molecule has 1 atom stereocenters. The van der Waals surface area contributed by atoms with E-state index in [9.17, 15) is 4.79 Å². The van der Waals surface area contributed by atoms with Gasteiger partial charge < -0.3 is 10.7 Å². The van der Waals surface area contributed by atoms with Crippen LogP contribution in [0.2, 0.25) is 0 Å². The van der Waals surface area contributed by atoms with Crippen molar-refractivity contribution in [2.24, 2.45) is 0 Å². The van der Waals surface area contributed by atoms with Crippen molar-refractivity contribution in [3.8, 4) is 0 Å². The molecular formula is C11H20N4OS. The minimum absolute atomic E-state index is 0.165. The number of hydrogen-bond acceptors (Lipinski definition) is 5. The number of rotatable bonds is 3. The molecule has 2 rings (SSSR count). The van der Waals surface area contributed by atoms with Crippen molar-refractivity contribution >= 4 is 17.7 Å². The zero-order chi connectivity index (χ0) is 12.3. The van der Waals surface area contributed by atoms with Gasteiger partial charge in [-0.2, -0.15) is 5.43 Å². The molecule has 1 amide bonds. The maximum Gasteiger partial charge on any atom is 0.271 e. The van der Waals surface area contributed by atoms with Gasteiger partial charge in [0.2, 0.25) is 5.12 Å². The van der Waals surface area contributed by atoms with Crippen LogP contribution < -0.4 is 21.5 Å². The van der Waals surface area contributed by atoms with Crippen molar-refractivity contribution in [2.75, 3.05) is 6.26 Å². The Balaban J connectivity index is 1.98. The number of carbonyl (C=O) groups excluding carboxylic acids is 1. The van der Waals surface area contributed by atoms with Crippen LogP contribution in [0.1, 0.15) is 32.1 Å². The molecule has 0 radical (unpaired) electrons. The molecule has 17 heavy (non-hydrogen) atoms. The maximum absolute atomic E-state index is 11.6. The van der Waals surface area contributed by atoms with Crippen molar-refractivity contribution < 1.29 is 4.79 Å². The summed E-state index contributed by atoms with van der Waals surface area (Å²) >= 11 is 1.53. The molecule has 0 aromatic carbocycles. The molecule has 1 aliphatic carbocycles. The van der Waals surface area contributed by atoms with E-state index in [0.29, 0.717) is 11.7 Å². The van der Waals surface area contributed by atoms with E-state index >= 15 is 0 Å². The molecule has 96 valence electrons. The van der Waals surface area contributed by atoms with Gasteiger partial charge in [-0.25, -0.2) is 0 Å². The van der Waals surface area contributed by atoms with Crippen molar-refractivity contribution in [1.29, 1.82) is 0 Å². The van der Waals surface area contributed by atoms with Gasteiger partial charge in [0.1, 0.15) is 5.70 Å².